The molecule has 0 aliphatic carbocycles. The lowest BCUT2D eigenvalue weighted by molar-refractivity contribution is -0.114. The van der Waals surface area contributed by atoms with E-state index >= 15 is 0 Å². The SMILES string of the molecule is CN=C1/C=C\C(=O)CCc2cccc(c2)C(=O)NC(=Nc2ccccc2C)CCc2ccc(C)c1c2. The highest BCUT2D eigenvalue weighted by Gasteiger charge is 2.13. The molecule has 4 rings (SSSR count). The average Bonchev–Trinajstić information content (AvgIpc) is 2.88. The smallest absolute Gasteiger partial charge is 0.256 e. The van der Waals surface area contributed by atoms with Crippen molar-refractivity contribution in [2.45, 2.75) is 39.5 Å². The number of aryl methyl sites for hydroxylation is 4. The molecule has 1 heterocycles. The molecule has 0 unspecified atom stereocenters. The van der Waals surface area contributed by atoms with Crippen molar-refractivity contribution in [1.29, 1.82) is 0 Å². The van der Waals surface area contributed by atoms with Gasteiger partial charge in [0, 0.05) is 31.0 Å². The lowest BCUT2D eigenvalue weighted by Crippen LogP contribution is -2.31. The van der Waals surface area contributed by atoms with Gasteiger partial charge in [-0.2, -0.15) is 0 Å². The summed E-state index contributed by atoms with van der Waals surface area (Å²) >= 11 is 0. The summed E-state index contributed by atoms with van der Waals surface area (Å²) in [4.78, 5) is 35.0. The number of amidine groups is 1. The Hall–Kier alpha value is -4.12. The van der Waals surface area contributed by atoms with Crippen molar-refractivity contribution in [2.24, 2.45) is 9.98 Å². The van der Waals surface area contributed by atoms with Crippen molar-refractivity contribution in [1.82, 2.24) is 5.32 Å². The Labute approximate surface area is 212 Å². The topological polar surface area (TPSA) is 70.9 Å². The Morgan fingerprint density at radius 3 is 2.33 bits per heavy atom. The van der Waals surface area contributed by atoms with Crippen molar-refractivity contribution >= 4 is 28.9 Å². The van der Waals surface area contributed by atoms with E-state index in [0.717, 1.165) is 39.2 Å². The summed E-state index contributed by atoms with van der Waals surface area (Å²) in [6, 6.07) is 21.6. The number of benzene rings is 3. The second kappa shape index (κ2) is 11.5. The second-order valence-corrected chi connectivity index (χ2v) is 9.06. The van der Waals surface area contributed by atoms with Gasteiger partial charge in [-0.25, -0.2) is 4.99 Å². The molecule has 1 amide bonds. The molecule has 1 aliphatic rings. The molecule has 36 heavy (non-hydrogen) atoms. The zero-order valence-electron chi connectivity index (χ0n) is 21.0. The highest BCUT2D eigenvalue weighted by atomic mass is 16.1. The molecule has 1 N–H and O–H groups in total. The highest BCUT2D eigenvalue weighted by Crippen LogP contribution is 2.20. The number of carbonyl (C=O) groups excluding carboxylic acids is 2. The summed E-state index contributed by atoms with van der Waals surface area (Å²) in [6.45, 7) is 4.05. The van der Waals surface area contributed by atoms with Crippen molar-refractivity contribution in [2.75, 3.05) is 7.05 Å². The van der Waals surface area contributed by atoms with Crippen LogP contribution in [0.4, 0.5) is 5.69 Å². The van der Waals surface area contributed by atoms with E-state index in [4.69, 9.17) is 4.99 Å². The van der Waals surface area contributed by atoms with Gasteiger partial charge in [0.15, 0.2) is 5.78 Å². The van der Waals surface area contributed by atoms with E-state index in [1.807, 2.05) is 56.3 Å². The zero-order chi connectivity index (χ0) is 25.5. The highest BCUT2D eigenvalue weighted by molar-refractivity contribution is 6.12. The van der Waals surface area contributed by atoms with Gasteiger partial charge < -0.3 is 5.32 Å². The number of amides is 1. The maximum absolute atomic E-state index is 13.2. The predicted molar refractivity (Wildman–Crippen MR) is 147 cm³/mol. The van der Waals surface area contributed by atoms with Crippen LogP contribution in [0.15, 0.2) is 88.9 Å². The predicted octanol–water partition coefficient (Wildman–Crippen LogP) is 5.89. The molecule has 5 nitrogen and oxygen atoms in total. The third-order valence-electron chi connectivity index (χ3n) is 6.37. The van der Waals surface area contributed by atoms with Crippen molar-refractivity contribution in [3.63, 3.8) is 0 Å². The van der Waals surface area contributed by atoms with E-state index in [9.17, 15) is 9.59 Å². The Balaban J connectivity index is 1.75. The Morgan fingerprint density at radius 2 is 1.53 bits per heavy atom. The fourth-order valence-electron chi connectivity index (χ4n) is 4.22. The summed E-state index contributed by atoms with van der Waals surface area (Å²) in [5, 5.41) is 3.05. The first-order valence-corrected chi connectivity index (χ1v) is 12.2. The number of fused-ring (bicyclic) bond motifs is 4. The average molecular weight is 478 g/mol. The van der Waals surface area contributed by atoms with Crippen LogP contribution in [-0.2, 0) is 17.6 Å². The van der Waals surface area contributed by atoms with Crippen molar-refractivity contribution < 1.29 is 9.59 Å². The molecule has 3 aromatic rings. The number of hydrogen-bond acceptors (Lipinski definition) is 4. The minimum absolute atomic E-state index is 0.0248. The van der Waals surface area contributed by atoms with Crippen LogP contribution in [-0.4, -0.2) is 30.3 Å². The molecule has 1 aliphatic heterocycles. The number of rotatable bonds is 1. The van der Waals surface area contributed by atoms with Crippen LogP contribution >= 0.6 is 0 Å². The largest absolute Gasteiger partial charge is 0.310 e. The fourth-order valence-corrected chi connectivity index (χ4v) is 4.22. The first-order valence-electron chi connectivity index (χ1n) is 12.2. The number of carbonyl (C=O) groups is 2. The first kappa shape index (κ1) is 25.0. The maximum atomic E-state index is 13.2. The normalized spacial score (nSPS) is 18.1. The van der Waals surface area contributed by atoms with Gasteiger partial charge in [0.1, 0.15) is 5.84 Å². The number of para-hydroxylation sites is 1. The van der Waals surface area contributed by atoms with Gasteiger partial charge in [0.2, 0.25) is 0 Å². The van der Waals surface area contributed by atoms with E-state index in [1.54, 1.807) is 25.3 Å². The molecule has 0 spiro atoms. The molecule has 0 atom stereocenters. The van der Waals surface area contributed by atoms with Crippen LogP contribution in [0.1, 0.15) is 51.0 Å². The number of allylic oxidation sites excluding steroid dienone is 2. The molecule has 0 aromatic heterocycles. The molecule has 3 aromatic carbocycles. The van der Waals surface area contributed by atoms with Gasteiger partial charge in [-0.05, 0) is 85.4 Å². The van der Waals surface area contributed by atoms with Crippen LogP contribution in [0.2, 0.25) is 0 Å². The number of ketones is 1. The van der Waals surface area contributed by atoms with Gasteiger partial charge >= 0.3 is 0 Å². The second-order valence-electron chi connectivity index (χ2n) is 9.06. The van der Waals surface area contributed by atoms with Gasteiger partial charge in [-0.3, -0.25) is 14.6 Å². The zero-order valence-corrected chi connectivity index (χ0v) is 21.0. The maximum Gasteiger partial charge on any atom is 0.256 e. The molecule has 0 radical (unpaired) electrons. The van der Waals surface area contributed by atoms with E-state index < -0.39 is 0 Å². The quantitative estimate of drug-likeness (QED) is 0.475. The van der Waals surface area contributed by atoms with Gasteiger partial charge in [0.25, 0.3) is 5.91 Å². The molecule has 0 saturated carbocycles. The molecule has 0 fully saturated rings. The number of nitrogens with one attached hydrogen (secondary N) is 1. The van der Waals surface area contributed by atoms with Gasteiger partial charge in [0.05, 0.1) is 11.4 Å². The Morgan fingerprint density at radius 1 is 0.750 bits per heavy atom. The van der Waals surface area contributed by atoms with Gasteiger partial charge in [-0.15, -0.1) is 0 Å². The van der Waals surface area contributed by atoms with E-state index in [1.165, 1.54) is 0 Å². The van der Waals surface area contributed by atoms with E-state index in [-0.39, 0.29) is 11.7 Å². The molecule has 0 saturated heterocycles. The summed E-state index contributed by atoms with van der Waals surface area (Å²) in [6.07, 6.45) is 5.58. The van der Waals surface area contributed by atoms with Crippen LogP contribution < -0.4 is 5.32 Å². The summed E-state index contributed by atoms with van der Waals surface area (Å²) < 4.78 is 0. The Bertz CT molecular complexity index is 1380. The van der Waals surface area contributed by atoms with Crippen LogP contribution in [0.3, 0.4) is 0 Å². The third-order valence-corrected chi connectivity index (χ3v) is 6.37. The standard InChI is InChI=1S/C31H31N3O2/c1-21-11-12-24-14-18-30(33-28-10-5-4-7-22(28)2)34-31(36)25-9-6-8-23(19-25)13-15-26(35)16-17-29(32-3)27(21)20-24/h4-12,16-17,19-20H,13-15,18H2,1-3H3,(H,33,34,36)/b17-16-,32-29?. The molecular formula is C31H31N3O2. The van der Waals surface area contributed by atoms with E-state index in [0.29, 0.717) is 37.1 Å². The fraction of sp³-hybridized carbons (Fsp3) is 0.226. The lowest BCUT2D eigenvalue weighted by Gasteiger charge is -2.12. The van der Waals surface area contributed by atoms with E-state index in [2.05, 4.69) is 28.5 Å². The lowest BCUT2D eigenvalue weighted by atomic mass is 9.97. The molecule has 182 valence electrons. The number of hydrogen-bond donors (Lipinski definition) is 1. The van der Waals surface area contributed by atoms with Crippen LogP contribution in [0, 0.1) is 13.8 Å². The molecule has 5 heteroatoms. The van der Waals surface area contributed by atoms with Crippen molar-refractivity contribution in [3.8, 4) is 0 Å². The summed E-state index contributed by atoms with van der Waals surface area (Å²) in [5.41, 5.74) is 7.34. The Kier molecular flexibility index (Phi) is 8.01. The summed E-state index contributed by atoms with van der Waals surface area (Å²) in [5.74, 6) is 0.437. The first-order chi connectivity index (χ1) is 17.4. The van der Waals surface area contributed by atoms with Gasteiger partial charge in [-0.1, -0.05) is 42.5 Å². The number of aliphatic imine (C=N–C) groups is 2. The summed E-state index contributed by atoms with van der Waals surface area (Å²) in [7, 11) is 1.74. The van der Waals surface area contributed by atoms with Crippen LogP contribution in [0.25, 0.3) is 0 Å². The molecule has 4 bridgehead atoms. The monoisotopic (exact) mass is 477 g/mol. The molecular weight excluding hydrogens is 446 g/mol. The minimum atomic E-state index is -0.204. The van der Waals surface area contributed by atoms with Crippen molar-refractivity contribution in [3.05, 3.63) is 112 Å². The van der Waals surface area contributed by atoms with Crippen LogP contribution in [0.5, 0.6) is 0 Å². The minimum Gasteiger partial charge on any atom is -0.310 e. The number of nitrogens with zero attached hydrogens (tertiary/aromatic N) is 2. The third kappa shape index (κ3) is 6.30.